The van der Waals surface area contributed by atoms with Crippen LogP contribution in [0.4, 0.5) is 0 Å². The Kier molecular flexibility index (Phi) is 9.93. The minimum absolute atomic E-state index is 0.0380. The van der Waals surface area contributed by atoms with E-state index in [0.717, 1.165) is 46.0 Å². The minimum Gasteiger partial charge on any atom is -0.350 e. The molecule has 9 nitrogen and oxygen atoms in total. The summed E-state index contributed by atoms with van der Waals surface area (Å²) in [4.78, 5) is 38.2. The Morgan fingerprint density at radius 1 is 1.00 bits per heavy atom. The van der Waals surface area contributed by atoms with Gasteiger partial charge in [0.15, 0.2) is 10.9 Å². The molecule has 1 atom stereocenters. The van der Waals surface area contributed by atoms with E-state index in [1.807, 2.05) is 68.4 Å². The van der Waals surface area contributed by atoms with Crippen LogP contribution in [0.25, 0.3) is 22.5 Å². The van der Waals surface area contributed by atoms with E-state index in [-0.39, 0.29) is 23.4 Å². The summed E-state index contributed by atoms with van der Waals surface area (Å²) in [7, 11) is 0. The number of hydrogen-bond acceptors (Lipinski definition) is 8. The number of nitrogens with zero attached hydrogens (tertiary/aromatic N) is 3. The highest BCUT2D eigenvalue weighted by atomic mass is 32.2. The summed E-state index contributed by atoms with van der Waals surface area (Å²) in [6.07, 6.45) is 1.13. The van der Waals surface area contributed by atoms with Crippen LogP contribution in [0.15, 0.2) is 71.6 Å². The third-order valence-corrected chi connectivity index (χ3v) is 7.18. The lowest BCUT2D eigenvalue weighted by atomic mass is 9.98. The number of H-pyrrole nitrogens is 1. The predicted molar refractivity (Wildman–Crippen MR) is 156 cm³/mol. The highest BCUT2D eigenvalue weighted by molar-refractivity contribution is 8.13. The van der Waals surface area contributed by atoms with E-state index in [1.54, 1.807) is 12.1 Å². The lowest BCUT2D eigenvalue weighted by molar-refractivity contribution is -0.121. The highest BCUT2D eigenvalue weighted by Gasteiger charge is 2.20. The van der Waals surface area contributed by atoms with Crippen LogP contribution in [0.1, 0.15) is 48.2 Å². The van der Waals surface area contributed by atoms with Crippen LogP contribution < -0.4 is 10.6 Å². The summed E-state index contributed by atoms with van der Waals surface area (Å²) >= 11 is 1.02. The molecule has 3 N–H and O–H groups in total. The van der Waals surface area contributed by atoms with Crippen molar-refractivity contribution < 1.29 is 14.4 Å². The molecule has 3 aromatic carbocycles. The van der Waals surface area contributed by atoms with Crippen molar-refractivity contribution in [3.05, 3.63) is 83.4 Å². The Morgan fingerprint density at radius 2 is 1.75 bits per heavy atom. The molecule has 1 unspecified atom stereocenters. The number of thioether (sulfide) groups is 1. The van der Waals surface area contributed by atoms with Gasteiger partial charge in [0.2, 0.25) is 5.82 Å². The molecule has 4 aromatic rings. The number of nitrogens with one attached hydrogen (secondary N) is 3. The maximum absolute atomic E-state index is 13.1. The molecular weight excluding hydrogens is 524 g/mol. The summed E-state index contributed by atoms with van der Waals surface area (Å²) in [5.41, 5.74) is 5.21. The smallest absolute Gasteiger partial charge is 0.252 e. The van der Waals surface area contributed by atoms with Gasteiger partial charge in [0.1, 0.15) is 0 Å². The third kappa shape index (κ3) is 7.49. The molecule has 206 valence electrons. The average molecular weight is 557 g/mol. The fourth-order valence-corrected chi connectivity index (χ4v) is 5.03. The van der Waals surface area contributed by atoms with Crippen LogP contribution in [-0.2, 0) is 16.1 Å². The van der Waals surface area contributed by atoms with Gasteiger partial charge in [0.05, 0.1) is 11.6 Å². The number of aromatic amines is 1. The van der Waals surface area contributed by atoms with Crippen LogP contribution in [0.5, 0.6) is 0 Å². The van der Waals surface area contributed by atoms with Gasteiger partial charge in [-0.2, -0.15) is 5.21 Å². The molecular formula is C30H32N6O3S. The topological polar surface area (TPSA) is 130 Å². The fourth-order valence-electron chi connectivity index (χ4n) is 4.32. The molecule has 0 spiro atoms. The van der Waals surface area contributed by atoms with Crippen LogP contribution >= 0.6 is 11.8 Å². The first kappa shape index (κ1) is 28.8. The molecule has 1 amide bonds. The minimum atomic E-state index is -0.545. The number of tetrazole rings is 1. The molecule has 0 radical (unpaired) electrons. The van der Waals surface area contributed by atoms with Crippen molar-refractivity contribution in [3.8, 4) is 22.5 Å². The first-order valence-corrected chi connectivity index (χ1v) is 13.9. The van der Waals surface area contributed by atoms with Gasteiger partial charge in [0.25, 0.3) is 5.91 Å². The van der Waals surface area contributed by atoms with Gasteiger partial charge >= 0.3 is 0 Å². The van der Waals surface area contributed by atoms with Crippen molar-refractivity contribution in [2.75, 3.05) is 6.54 Å². The molecule has 0 bridgehead atoms. The summed E-state index contributed by atoms with van der Waals surface area (Å²) < 4.78 is 0. The molecule has 4 rings (SSSR count). The predicted octanol–water partition coefficient (Wildman–Crippen LogP) is 4.74. The van der Waals surface area contributed by atoms with Gasteiger partial charge in [-0.1, -0.05) is 78.8 Å². The average Bonchev–Trinajstić information content (AvgIpc) is 3.49. The zero-order valence-corrected chi connectivity index (χ0v) is 23.5. The maximum Gasteiger partial charge on any atom is 0.252 e. The number of hydrogen-bond donors (Lipinski definition) is 3. The van der Waals surface area contributed by atoms with E-state index in [1.165, 1.54) is 6.92 Å². The number of aryl methyl sites for hydroxylation is 1. The number of carbonyl (C=O) groups is 3. The highest BCUT2D eigenvalue weighted by Crippen LogP contribution is 2.29. The lowest BCUT2D eigenvalue weighted by Crippen LogP contribution is -2.45. The summed E-state index contributed by atoms with van der Waals surface area (Å²) in [6.45, 7) is 5.92. The summed E-state index contributed by atoms with van der Waals surface area (Å²) in [5, 5.41) is 20.5. The van der Waals surface area contributed by atoms with Gasteiger partial charge in [-0.05, 0) is 47.4 Å². The van der Waals surface area contributed by atoms with Crippen molar-refractivity contribution in [2.24, 2.45) is 0 Å². The van der Waals surface area contributed by atoms with Gasteiger partial charge < -0.3 is 10.6 Å². The first-order valence-electron chi connectivity index (χ1n) is 13.1. The Bertz CT molecular complexity index is 1470. The second-order valence-corrected chi connectivity index (χ2v) is 10.6. The molecule has 0 saturated carbocycles. The third-order valence-electron chi connectivity index (χ3n) is 6.32. The Morgan fingerprint density at radius 3 is 2.42 bits per heavy atom. The normalized spacial score (nSPS) is 11.7. The number of aromatic nitrogens is 4. The van der Waals surface area contributed by atoms with Gasteiger partial charge in [-0.15, -0.1) is 10.2 Å². The lowest BCUT2D eigenvalue weighted by Gasteiger charge is -2.19. The standard InChI is InChI=1S/C30H32N6O3S/c1-4-7-27(38)26(18-32-30(39)25-16-19(2)10-15-28(25)40-20(3)37)31-17-21-11-13-22(14-12-21)23-8-5-6-9-24(23)29-33-35-36-34-29/h5-6,8-16,26,31H,4,7,17-18H2,1-3H3,(H,32,39)(H,33,34,35,36). The van der Waals surface area contributed by atoms with E-state index in [0.29, 0.717) is 29.2 Å². The fraction of sp³-hybridized carbons (Fsp3) is 0.267. The van der Waals surface area contributed by atoms with E-state index >= 15 is 0 Å². The molecule has 40 heavy (non-hydrogen) atoms. The summed E-state index contributed by atoms with van der Waals surface area (Å²) in [6, 6.07) is 20.8. The molecule has 1 heterocycles. The SMILES string of the molecule is CCCC(=O)C(CNC(=O)c1cc(C)ccc1SC(C)=O)NCc1ccc(-c2ccccc2-c2nn[nH]n2)cc1. The van der Waals surface area contributed by atoms with E-state index < -0.39 is 6.04 Å². The zero-order chi connectivity index (χ0) is 28.5. The number of ketones is 1. The number of rotatable bonds is 12. The molecule has 0 aliphatic rings. The summed E-state index contributed by atoms with van der Waals surface area (Å²) in [5.74, 6) is 0.252. The van der Waals surface area contributed by atoms with Crippen molar-refractivity contribution in [1.29, 1.82) is 0 Å². The Labute approximate surface area is 237 Å². The number of carbonyl (C=O) groups excluding carboxylic acids is 3. The van der Waals surface area contributed by atoms with Crippen molar-refractivity contribution in [3.63, 3.8) is 0 Å². The maximum atomic E-state index is 13.1. The van der Waals surface area contributed by atoms with Gasteiger partial charge in [-0.3, -0.25) is 14.4 Å². The number of benzene rings is 3. The zero-order valence-electron chi connectivity index (χ0n) is 22.7. The second-order valence-electron chi connectivity index (χ2n) is 9.43. The van der Waals surface area contributed by atoms with E-state index in [4.69, 9.17) is 0 Å². The Hall–Kier alpha value is -4.15. The molecule has 0 aliphatic heterocycles. The van der Waals surface area contributed by atoms with Crippen LogP contribution in [-0.4, -0.2) is 50.0 Å². The molecule has 1 aromatic heterocycles. The largest absolute Gasteiger partial charge is 0.350 e. The second kappa shape index (κ2) is 13.8. The van der Waals surface area contributed by atoms with E-state index in [2.05, 4.69) is 31.3 Å². The van der Waals surface area contributed by atoms with Gasteiger partial charge in [0, 0.05) is 36.9 Å². The number of amides is 1. The van der Waals surface area contributed by atoms with Crippen molar-refractivity contribution in [1.82, 2.24) is 31.3 Å². The number of Topliss-reactive ketones (excluding diaryl/α,β-unsaturated/α-hetero) is 1. The van der Waals surface area contributed by atoms with Crippen LogP contribution in [0.3, 0.4) is 0 Å². The van der Waals surface area contributed by atoms with Crippen LogP contribution in [0, 0.1) is 6.92 Å². The molecule has 10 heteroatoms. The monoisotopic (exact) mass is 556 g/mol. The quantitative estimate of drug-likeness (QED) is 0.213. The van der Waals surface area contributed by atoms with Crippen molar-refractivity contribution in [2.45, 2.75) is 51.1 Å². The van der Waals surface area contributed by atoms with E-state index in [9.17, 15) is 14.4 Å². The Balaban J connectivity index is 1.43. The molecule has 0 saturated heterocycles. The van der Waals surface area contributed by atoms with Crippen LogP contribution in [0.2, 0.25) is 0 Å². The first-order chi connectivity index (χ1) is 19.4. The van der Waals surface area contributed by atoms with Crippen molar-refractivity contribution >= 4 is 28.6 Å². The molecule has 0 aliphatic carbocycles. The van der Waals surface area contributed by atoms with Gasteiger partial charge in [-0.25, -0.2) is 0 Å². The molecule has 0 fully saturated rings.